The second-order valence-electron chi connectivity index (χ2n) is 9.08. The summed E-state index contributed by atoms with van der Waals surface area (Å²) >= 11 is 0. The summed E-state index contributed by atoms with van der Waals surface area (Å²) in [5.74, 6) is 1.34. The van der Waals surface area contributed by atoms with E-state index in [1.54, 1.807) is 11.6 Å². The third-order valence-corrected chi connectivity index (χ3v) is 6.43. The number of benzene rings is 2. The highest BCUT2D eigenvalue weighted by Gasteiger charge is 2.25. The van der Waals surface area contributed by atoms with Gasteiger partial charge in [0.2, 0.25) is 5.95 Å². The quantitative estimate of drug-likeness (QED) is 0.498. The van der Waals surface area contributed by atoms with Crippen LogP contribution in [0.15, 0.2) is 59.4 Å². The first-order valence-electron chi connectivity index (χ1n) is 11.8. The SMILES string of the molecule is Cc1ccc(C=Cc2nc3nc(N4CCCC(N)C4)n(Cc4ccccc4)c3c(=O)n2C)cc1. The van der Waals surface area contributed by atoms with Crippen LogP contribution in [-0.4, -0.2) is 38.2 Å². The van der Waals surface area contributed by atoms with Crippen LogP contribution in [0, 0.1) is 6.92 Å². The van der Waals surface area contributed by atoms with Gasteiger partial charge < -0.3 is 10.6 Å². The normalized spacial score (nSPS) is 16.6. The van der Waals surface area contributed by atoms with E-state index in [0.29, 0.717) is 23.5 Å². The van der Waals surface area contributed by atoms with E-state index in [1.807, 2.05) is 34.9 Å². The molecule has 34 heavy (non-hydrogen) atoms. The molecule has 1 aliphatic heterocycles. The molecule has 0 saturated carbocycles. The molecular formula is C27H30N6O. The van der Waals surface area contributed by atoms with Gasteiger partial charge in [0.05, 0.1) is 6.54 Å². The zero-order valence-corrected chi connectivity index (χ0v) is 19.7. The molecule has 1 fully saturated rings. The molecule has 174 valence electrons. The highest BCUT2D eigenvalue weighted by atomic mass is 16.1. The molecule has 0 aliphatic carbocycles. The number of anilines is 1. The Hall–Kier alpha value is -3.71. The van der Waals surface area contributed by atoms with Crippen molar-refractivity contribution in [2.45, 2.75) is 32.4 Å². The van der Waals surface area contributed by atoms with Crippen molar-refractivity contribution in [3.05, 3.63) is 87.5 Å². The summed E-state index contributed by atoms with van der Waals surface area (Å²) in [4.78, 5) is 25.4. The fourth-order valence-electron chi connectivity index (χ4n) is 4.51. The van der Waals surface area contributed by atoms with E-state index in [4.69, 9.17) is 15.7 Å². The molecule has 1 unspecified atom stereocenters. The van der Waals surface area contributed by atoms with E-state index in [2.05, 4.69) is 48.2 Å². The maximum Gasteiger partial charge on any atom is 0.279 e. The van der Waals surface area contributed by atoms with Gasteiger partial charge in [-0.25, -0.2) is 4.98 Å². The summed E-state index contributed by atoms with van der Waals surface area (Å²) in [6.45, 7) is 4.20. The Morgan fingerprint density at radius 2 is 1.82 bits per heavy atom. The van der Waals surface area contributed by atoms with Crippen LogP contribution in [0.3, 0.4) is 0 Å². The van der Waals surface area contributed by atoms with Crippen molar-refractivity contribution in [1.29, 1.82) is 0 Å². The van der Waals surface area contributed by atoms with Gasteiger partial charge in [0.1, 0.15) is 5.82 Å². The number of imidazole rings is 1. The van der Waals surface area contributed by atoms with Crippen LogP contribution < -0.4 is 16.2 Å². The molecule has 0 bridgehead atoms. The number of rotatable bonds is 5. The van der Waals surface area contributed by atoms with E-state index in [9.17, 15) is 4.79 Å². The smallest absolute Gasteiger partial charge is 0.279 e. The summed E-state index contributed by atoms with van der Waals surface area (Å²) < 4.78 is 3.60. The minimum Gasteiger partial charge on any atom is -0.341 e. The molecule has 2 aromatic heterocycles. The molecule has 2 N–H and O–H groups in total. The lowest BCUT2D eigenvalue weighted by molar-refractivity contribution is 0.495. The Morgan fingerprint density at radius 3 is 2.56 bits per heavy atom. The van der Waals surface area contributed by atoms with Crippen LogP contribution in [0.2, 0.25) is 0 Å². The van der Waals surface area contributed by atoms with Crippen molar-refractivity contribution >= 4 is 29.3 Å². The maximum atomic E-state index is 13.6. The second-order valence-corrected chi connectivity index (χ2v) is 9.08. The van der Waals surface area contributed by atoms with Gasteiger partial charge in [0, 0.05) is 26.2 Å². The van der Waals surface area contributed by atoms with Gasteiger partial charge in [-0.3, -0.25) is 13.9 Å². The first-order chi connectivity index (χ1) is 16.5. The van der Waals surface area contributed by atoms with E-state index < -0.39 is 0 Å². The van der Waals surface area contributed by atoms with Crippen molar-refractivity contribution in [3.8, 4) is 0 Å². The van der Waals surface area contributed by atoms with Crippen LogP contribution >= 0.6 is 0 Å². The molecule has 1 aliphatic rings. The van der Waals surface area contributed by atoms with Gasteiger partial charge in [0.25, 0.3) is 5.56 Å². The Labute approximate surface area is 199 Å². The van der Waals surface area contributed by atoms with Crippen LogP contribution in [0.4, 0.5) is 5.95 Å². The van der Waals surface area contributed by atoms with Crippen molar-refractivity contribution in [1.82, 2.24) is 19.1 Å². The maximum absolute atomic E-state index is 13.6. The van der Waals surface area contributed by atoms with Crippen LogP contribution in [-0.2, 0) is 13.6 Å². The van der Waals surface area contributed by atoms with Crippen molar-refractivity contribution < 1.29 is 0 Å². The molecule has 0 spiro atoms. The minimum atomic E-state index is -0.107. The van der Waals surface area contributed by atoms with Crippen LogP contribution in [0.5, 0.6) is 0 Å². The Morgan fingerprint density at radius 1 is 1.06 bits per heavy atom. The number of piperidine rings is 1. The Balaban J connectivity index is 1.62. The molecular weight excluding hydrogens is 424 g/mol. The minimum absolute atomic E-state index is 0.0996. The van der Waals surface area contributed by atoms with E-state index in [1.165, 1.54) is 5.56 Å². The third kappa shape index (κ3) is 4.39. The predicted molar refractivity (Wildman–Crippen MR) is 138 cm³/mol. The molecule has 1 atom stereocenters. The lowest BCUT2D eigenvalue weighted by Gasteiger charge is -2.31. The molecule has 5 rings (SSSR count). The molecule has 7 nitrogen and oxygen atoms in total. The summed E-state index contributed by atoms with van der Waals surface area (Å²) in [6.07, 6.45) is 5.85. The fraction of sp³-hybridized carbons (Fsp3) is 0.296. The van der Waals surface area contributed by atoms with Crippen molar-refractivity contribution in [3.63, 3.8) is 0 Å². The average Bonchev–Trinajstić information content (AvgIpc) is 3.20. The van der Waals surface area contributed by atoms with Gasteiger partial charge >= 0.3 is 0 Å². The molecule has 3 heterocycles. The molecule has 4 aromatic rings. The van der Waals surface area contributed by atoms with Crippen LogP contribution in [0.1, 0.15) is 35.4 Å². The first kappa shape index (κ1) is 22.1. The number of nitrogens with two attached hydrogens (primary N) is 1. The van der Waals surface area contributed by atoms with E-state index in [-0.39, 0.29) is 11.6 Å². The third-order valence-electron chi connectivity index (χ3n) is 6.43. The number of fused-ring (bicyclic) bond motifs is 1. The number of hydrogen-bond acceptors (Lipinski definition) is 5. The standard InChI is InChI=1S/C27H30N6O/c1-19-10-12-20(13-11-19)14-15-23-29-25-24(26(34)31(23)2)33(17-21-7-4-3-5-8-21)27(30-25)32-16-6-9-22(28)18-32/h3-5,7-8,10-15,22H,6,9,16-18,28H2,1-2H3. The largest absolute Gasteiger partial charge is 0.341 e. The van der Waals surface area contributed by atoms with E-state index in [0.717, 1.165) is 43.0 Å². The predicted octanol–water partition coefficient (Wildman–Crippen LogP) is 3.58. The molecule has 0 amide bonds. The topological polar surface area (TPSA) is 82.0 Å². The summed E-state index contributed by atoms with van der Waals surface area (Å²) in [6, 6.07) is 18.5. The number of nitrogens with zero attached hydrogens (tertiary/aromatic N) is 5. The van der Waals surface area contributed by atoms with Crippen molar-refractivity contribution in [2.75, 3.05) is 18.0 Å². The van der Waals surface area contributed by atoms with Gasteiger partial charge in [0.15, 0.2) is 11.2 Å². The van der Waals surface area contributed by atoms with Gasteiger partial charge in [-0.1, -0.05) is 66.2 Å². The zero-order chi connectivity index (χ0) is 23.7. The highest BCUT2D eigenvalue weighted by Crippen LogP contribution is 2.24. The number of hydrogen-bond donors (Lipinski definition) is 1. The van der Waals surface area contributed by atoms with Gasteiger partial charge in [-0.15, -0.1) is 0 Å². The molecule has 0 radical (unpaired) electrons. The Bertz CT molecular complexity index is 1380. The monoisotopic (exact) mass is 454 g/mol. The van der Waals surface area contributed by atoms with Gasteiger partial charge in [-0.05, 0) is 37.0 Å². The van der Waals surface area contributed by atoms with E-state index >= 15 is 0 Å². The van der Waals surface area contributed by atoms with Gasteiger partial charge in [-0.2, -0.15) is 4.98 Å². The zero-order valence-electron chi connectivity index (χ0n) is 19.7. The van der Waals surface area contributed by atoms with Crippen molar-refractivity contribution in [2.24, 2.45) is 12.8 Å². The molecule has 7 heteroatoms. The second kappa shape index (κ2) is 9.27. The Kier molecular flexibility index (Phi) is 6.02. The average molecular weight is 455 g/mol. The number of aromatic nitrogens is 4. The fourth-order valence-corrected chi connectivity index (χ4v) is 4.51. The summed E-state index contributed by atoms with van der Waals surface area (Å²) in [5, 5.41) is 0. The molecule has 1 saturated heterocycles. The van der Waals surface area contributed by atoms with Crippen LogP contribution in [0.25, 0.3) is 23.3 Å². The summed E-state index contributed by atoms with van der Waals surface area (Å²) in [7, 11) is 1.76. The first-order valence-corrected chi connectivity index (χ1v) is 11.8. The lowest BCUT2D eigenvalue weighted by Crippen LogP contribution is -2.44. The molecule has 2 aromatic carbocycles. The lowest BCUT2D eigenvalue weighted by atomic mass is 10.1. The summed E-state index contributed by atoms with van der Waals surface area (Å²) in [5.41, 5.74) is 10.5. The highest BCUT2D eigenvalue weighted by molar-refractivity contribution is 5.77. The number of aryl methyl sites for hydroxylation is 1.